The molecule has 4 nitrogen and oxygen atoms in total. The first-order valence-electron chi connectivity index (χ1n) is 6.87. The molecule has 0 amide bonds. The quantitative estimate of drug-likeness (QED) is 0.441. The van der Waals surface area contributed by atoms with Gasteiger partial charge in [-0.15, -0.1) is 0 Å². The second-order valence-corrected chi connectivity index (χ2v) is 6.60. The molecular weight excluding hydrogens is 350 g/mol. The molecule has 1 heterocycles. The molecule has 0 radical (unpaired) electrons. The van der Waals surface area contributed by atoms with Crippen LogP contribution in [-0.2, 0) is 6.54 Å². The van der Waals surface area contributed by atoms with Gasteiger partial charge in [0.05, 0.1) is 17.0 Å². The molecule has 0 N–H and O–H groups in total. The van der Waals surface area contributed by atoms with Crippen LogP contribution in [0.4, 0.5) is 0 Å². The fourth-order valence-electron chi connectivity index (χ4n) is 2.02. The highest BCUT2D eigenvalue weighted by Gasteiger charge is 2.11. The van der Waals surface area contributed by atoms with Crippen molar-refractivity contribution >= 4 is 38.6 Å². The molecule has 0 aliphatic rings. The van der Waals surface area contributed by atoms with Crippen LogP contribution < -0.4 is 5.56 Å². The zero-order chi connectivity index (χ0) is 15.2. The number of hydrogen-bond acceptors (Lipinski definition) is 4. The summed E-state index contributed by atoms with van der Waals surface area (Å²) < 4.78 is 2.62. The molecule has 1 aromatic carbocycles. The lowest BCUT2D eigenvalue weighted by Gasteiger charge is -2.12. The number of hydrogen-bond donors (Lipinski definition) is 0. The van der Waals surface area contributed by atoms with E-state index in [2.05, 4.69) is 27.0 Å². The number of nitrogens with zero attached hydrogens (tertiary/aromatic N) is 3. The third-order valence-electron chi connectivity index (χ3n) is 2.99. The molecule has 2 aromatic rings. The van der Waals surface area contributed by atoms with E-state index in [1.165, 1.54) is 0 Å². The van der Waals surface area contributed by atoms with Gasteiger partial charge in [0.15, 0.2) is 5.16 Å². The second kappa shape index (κ2) is 7.62. The molecule has 0 aliphatic heterocycles. The molecule has 0 aliphatic carbocycles. The van der Waals surface area contributed by atoms with Crippen LogP contribution in [-0.4, -0.2) is 15.3 Å². The summed E-state index contributed by atoms with van der Waals surface area (Å²) >= 11 is 4.95. The van der Waals surface area contributed by atoms with E-state index in [1.54, 1.807) is 16.3 Å². The lowest BCUT2D eigenvalue weighted by Crippen LogP contribution is -2.23. The van der Waals surface area contributed by atoms with Crippen LogP contribution in [0.25, 0.3) is 10.9 Å². The second-order valence-electron chi connectivity index (χ2n) is 4.62. The third kappa shape index (κ3) is 3.86. The van der Waals surface area contributed by atoms with Crippen molar-refractivity contribution in [3.05, 3.63) is 33.0 Å². The average molecular weight is 366 g/mol. The molecule has 0 saturated carbocycles. The minimum absolute atomic E-state index is 0.00549. The van der Waals surface area contributed by atoms with Crippen molar-refractivity contribution in [2.45, 2.75) is 37.9 Å². The Kier molecular flexibility index (Phi) is 5.83. The van der Waals surface area contributed by atoms with Gasteiger partial charge >= 0.3 is 0 Å². The molecule has 0 fully saturated rings. The lowest BCUT2D eigenvalue weighted by molar-refractivity contribution is 0.584. The highest BCUT2D eigenvalue weighted by molar-refractivity contribution is 9.10. The van der Waals surface area contributed by atoms with E-state index in [-0.39, 0.29) is 5.56 Å². The number of unbranched alkanes of at least 4 members (excludes halogenated alkanes) is 1. The van der Waals surface area contributed by atoms with Gasteiger partial charge in [0.25, 0.3) is 5.56 Å². The monoisotopic (exact) mass is 365 g/mol. The Morgan fingerprint density at radius 3 is 3.00 bits per heavy atom. The molecule has 0 spiro atoms. The Morgan fingerprint density at radius 1 is 1.48 bits per heavy atom. The van der Waals surface area contributed by atoms with Crippen LogP contribution in [0.15, 0.2) is 32.6 Å². The zero-order valence-corrected chi connectivity index (χ0v) is 14.2. The summed E-state index contributed by atoms with van der Waals surface area (Å²) in [6.45, 7) is 2.70. The fourth-order valence-corrected chi connectivity index (χ4v) is 3.34. The maximum Gasteiger partial charge on any atom is 0.262 e. The third-order valence-corrected chi connectivity index (χ3v) is 4.55. The topological polar surface area (TPSA) is 58.7 Å². The van der Waals surface area contributed by atoms with Crippen LogP contribution >= 0.6 is 27.7 Å². The van der Waals surface area contributed by atoms with Gasteiger partial charge in [0.2, 0.25) is 0 Å². The number of halogens is 1. The first-order valence-corrected chi connectivity index (χ1v) is 8.65. The lowest BCUT2D eigenvalue weighted by atomic mass is 10.2. The largest absolute Gasteiger partial charge is 0.287 e. The first kappa shape index (κ1) is 16.1. The highest BCUT2D eigenvalue weighted by atomic mass is 79.9. The standard InChI is InChI=1S/C15H16BrN3OS/c1-2-8-19-14(20)12-10-11(16)5-6-13(12)18-15(19)21-9-4-3-7-17/h5-6,10H,2-4,8-9H2,1H3. The smallest absolute Gasteiger partial charge is 0.262 e. The molecule has 110 valence electrons. The maximum absolute atomic E-state index is 12.6. The Balaban J connectivity index is 2.43. The van der Waals surface area contributed by atoms with Crippen molar-refractivity contribution in [2.75, 3.05) is 5.75 Å². The summed E-state index contributed by atoms with van der Waals surface area (Å²) in [5, 5.41) is 9.96. The van der Waals surface area contributed by atoms with Crippen molar-refractivity contribution in [1.82, 2.24) is 9.55 Å². The fraction of sp³-hybridized carbons (Fsp3) is 0.400. The van der Waals surface area contributed by atoms with Crippen molar-refractivity contribution < 1.29 is 0 Å². The first-order chi connectivity index (χ1) is 10.2. The number of thioether (sulfide) groups is 1. The Bertz CT molecular complexity index is 736. The molecule has 21 heavy (non-hydrogen) atoms. The van der Waals surface area contributed by atoms with E-state index < -0.39 is 0 Å². The van der Waals surface area contributed by atoms with Gasteiger partial charge in [-0.1, -0.05) is 34.6 Å². The van der Waals surface area contributed by atoms with Crippen LogP contribution in [0.5, 0.6) is 0 Å². The van der Waals surface area contributed by atoms with Gasteiger partial charge < -0.3 is 0 Å². The zero-order valence-electron chi connectivity index (χ0n) is 11.8. The van der Waals surface area contributed by atoms with Gasteiger partial charge in [-0.2, -0.15) is 5.26 Å². The van der Waals surface area contributed by atoms with Crippen LogP contribution in [0, 0.1) is 11.3 Å². The predicted octanol–water partition coefficient (Wildman–Crippen LogP) is 3.96. The van der Waals surface area contributed by atoms with E-state index in [0.717, 1.165) is 33.7 Å². The van der Waals surface area contributed by atoms with Crippen LogP contribution in [0.2, 0.25) is 0 Å². The normalized spacial score (nSPS) is 10.7. The Labute approximate surface area is 136 Å². The molecule has 2 rings (SSSR count). The van der Waals surface area contributed by atoms with E-state index in [9.17, 15) is 4.79 Å². The molecular formula is C15H16BrN3OS. The van der Waals surface area contributed by atoms with Crippen molar-refractivity contribution in [3.63, 3.8) is 0 Å². The van der Waals surface area contributed by atoms with Gasteiger partial charge in [0.1, 0.15) is 0 Å². The summed E-state index contributed by atoms with van der Waals surface area (Å²) in [5.41, 5.74) is 0.726. The molecule has 0 bridgehead atoms. The summed E-state index contributed by atoms with van der Waals surface area (Å²) in [4.78, 5) is 17.2. The van der Waals surface area contributed by atoms with Crippen molar-refractivity contribution in [1.29, 1.82) is 5.26 Å². The summed E-state index contributed by atoms with van der Waals surface area (Å²) in [7, 11) is 0. The minimum atomic E-state index is 0.00549. The van der Waals surface area contributed by atoms with Gasteiger partial charge in [-0.25, -0.2) is 4.98 Å². The van der Waals surface area contributed by atoms with Gasteiger partial charge in [-0.05, 0) is 31.0 Å². The molecule has 0 saturated heterocycles. The van der Waals surface area contributed by atoms with E-state index in [4.69, 9.17) is 5.26 Å². The molecule has 6 heteroatoms. The number of nitriles is 1. The summed E-state index contributed by atoms with van der Waals surface area (Å²) in [5.74, 6) is 0.797. The maximum atomic E-state index is 12.6. The van der Waals surface area contributed by atoms with E-state index in [1.807, 2.05) is 25.1 Å². The van der Waals surface area contributed by atoms with Crippen molar-refractivity contribution in [2.24, 2.45) is 0 Å². The minimum Gasteiger partial charge on any atom is -0.287 e. The SMILES string of the molecule is CCCn1c(SCCCC#N)nc2ccc(Br)cc2c1=O. The number of aromatic nitrogens is 2. The average Bonchev–Trinajstić information content (AvgIpc) is 2.48. The van der Waals surface area contributed by atoms with E-state index >= 15 is 0 Å². The predicted molar refractivity (Wildman–Crippen MR) is 89.6 cm³/mol. The number of fused-ring (bicyclic) bond motifs is 1. The Hall–Kier alpha value is -1.32. The molecule has 1 aromatic heterocycles. The number of rotatable bonds is 6. The van der Waals surface area contributed by atoms with Crippen LogP contribution in [0.3, 0.4) is 0 Å². The summed E-state index contributed by atoms with van der Waals surface area (Å²) in [6, 6.07) is 7.70. The van der Waals surface area contributed by atoms with Crippen molar-refractivity contribution in [3.8, 4) is 6.07 Å². The molecule has 0 atom stereocenters. The number of benzene rings is 1. The van der Waals surface area contributed by atoms with Gasteiger partial charge in [0, 0.05) is 23.2 Å². The van der Waals surface area contributed by atoms with E-state index in [0.29, 0.717) is 18.4 Å². The van der Waals surface area contributed by atoms with Gasteiger partial charge in [-0.3, -0.25) is 9.36 Å². The van der Waals surface area contributed by atoms with Crippen LogP contribution in [0.1, 0.15) is 26.2 Å². The Morgan fingerprint density at radius 2 is 2.29 bits per heavy atom. The molecule has 0 unspecified atom stereocenters. The highest BCUT2D eigenvalue weighted by Crippen LogP contribution is 2.21. The summed E-state index contributed by atoms with van der Waals surface area (Å²) in [6.07, 6.45) is 2.22.